The van der Waals surface area contributed by atoms with Gasteiger partial charge in [0.25, 0.3) is 5.95 Å². The maximum Gasteiger partial charge on any atom is 0.484 e. The van der Waals surface area contributed by atoms with Gasteiger partial charge in [-0.25, -0.2) is 4.98 Å². The molecule has 0 atom stereocenters. The zero-order chi connectivity index (χ0) is 22.1. The lowest BCUT2D eigenvalue weighted by Gasteiger charge is -2.22. The summed E-state index contributed by atoms with van der Waals surface area (Å²) in [5, 5.41) is 18.0. The molecular weight excluding hydrogens is 436 g/mol. The number of benzene rings is 1. The van der Waals surface area contributed by atoms with Gasteiger partial charge in [-0.3, -0.25) is 4.90 Å². The third-order valence-electron chi connectivity index (χ3n) is 4.21. The van der Waals surface area contributed by atoms with E-state index in [9.17, 15) is 31.4 Å². The molecule has 1 N–H and O–H groups in total. The van der Waals surface area contributed by atoms with Crippen LogP contribution in [0.4, 0.5) is 43.7 Å². The Morgan fingerprint density at radius 1 is 1.17 bits per heavy atom. The number of nitrogens with zero attached hydrogens (tertiary/aromatic N) is 5. The number of halogens is 6. The van der Waals surface area contributed by atoms with E-state index in [-0.39, 0.29) is 40.2 Å². The van der Waals surface area contributed by atoms with Crippen molar-refractivity contribution in [3.05, 3.63) is 23.9 Å². The van der Waals surface area contributed by atoms with Crippen molar-refractivity contribution in [1.29, 1.82) is 0 Å². The summed E-state index contributed by atoms with van der Waals surface area (Å²) in [4.78, 5) is 4.26. The maximum atomic E-state index is 13.0. The van der Waals surface area contributed by atoms with Gasteiger partial charge in [-0.15, -0.1) is 10.2 Å². The number of phenols is 1. The number of hydrogen-bond acceptors (Lipinski definition) is 6. The van der Waals surface area contributed by atoms with Gasteiger partial charge in [0.1, 0.15) is 16.5 Å². The smallest absolute Gasteiger partial charge is 0.484 e. The van der Waals surface area contributed by atoms with Crippen LogP contribution in [0.3, 0.4) is 0 Å². The van der Waals surface area contributed by atoms with Gasteiger partial charge in [0, 0.05) is 25.4 Å². The van der Waals surface area contributed by atoms with Gasteiger partial charge in [-0.1, -0.05) is 18.7 Å². The second kappa shape index (κ2) is 8.36. The molecule has 0 spiro atoms. The molecule has 0 fully saturated rings. The molecule has 0 aliphatic carbocycles. The number of azo groups is 1. The highest BCUT2D eigenvalue weighted by Gasteiger charge is 2.41. The lowest BCUT2D eigenvalue weighted by Crippen LogP contribution is -2.36. The minimum atomic E-state index is -4.56. The fraction of sp³-hybridized carbons (Fsp3) is 0.471. The summed E-state index contributed by atoms with van der Waals surface area (Å²) in [6.07, 6.45) is -6.69. The van der Waals surface area contributed by atoms with E-state index >= 15 is 0 Å². The van der Waals surface area contributed by atoms with Crippen molar-refractivity contribution in [1.82, 2.24) is 9.55 Å². The van der Waals surface area contributed by atoms with E-state index in [1.54, 1.807) is 0 Å². The molecule has 0 bridgehead atoms. The largest absolute Gasteiger partial charge is 0.506 e. The molecular formula is C17H17F6N5OS. The molecule has 0 unspecified atom stereocenters. The minimum Gasteiger partial charge on any atom is -0.506 e. The fourth-order valence-electron chi connectivity index (χ4n) is 2.95. The topological polar surface area (TPSA) is 66.0 Å². The molecule has 1 aromatic heterocycles. The molecule has 0 amide bonds. The van der Waals surface area contributed by atoms with Gasteiger partial charge in [0.2, 0.25) is 0 Å². The number of thioether (sulfide) groups is 1. The normalized spacial score (nSPS) is 14.7. The van der Waals surface area contributed by atoms with Crippen LogP contribution < -0.4 is 4.90 Å². The van der Waals surface area contributed by atoms with Crippen molar-refractivity contribution >= 4 is 29.1 Å². The van der Waals surface area contributed by atoms with E-state index in [0.29, 0.717) is 30.3 Å². The van der Waals surface area contributed by atoms with Crippen LogP contribution in [0, 0.1) is 0 Å². The van der Waals surface area contributed by atoms with Crippen LogP contribution in [0.15, 0.2) is 33.6 Å². The van der Waals surface area contributed by atoms with Crippen LogP contribution >= 0.6 is 11.8 Å². The standard InChI is InChI=1S/C17H17F6N5OS/c1-2-4-27-8-14(30-9-16(18,19)20)24-15(27)26-25-11-6-10-3-5-28(17(21,22)23)12(10)7-13(11)29/h6-8,29H,2-5,9H2,1H3. The molecule has 0 radical (unpaired) electrons. The summed E-state index contributed by atoms with van der Waals surface area (Å²) in [5.41, 5.74) is 0.169. The maximum absolute atomic E-state index is 13.0. The quantitative estimate of drug-likeness (QED) is 0.254. The monoisotopic (exact) mass is 453 g/mol. The molecule has 2 aromatic rings. The predicted octanol–water partition coefficient (Wildman–Crippen LogP) is 5.95. The predicted molar refractivity (Wildman–Crippen MR) is 98.7 cm³/mol. The molecule has 0 saturated carbocycles. The summed E-state index contributed by atoms with van der Waals surface area (Å²) in [6, 6.07) is 2.29. The molecule has 2 heterocycles. The first-order valence-corrected chi connectivity index (χ1v) is 9.85. The van der Waals surface area contributed by atoms with Crippen LogP contribution in [0.5, 0.6) is 5.75 Å². The Morgan fingerprint density at radius 3 is 2.53 bits per heavy atom. The first-order valence-electron chi connectivity index (χ1n) is 8.86. The van der Waals surface area contributed by atoms with Gasteiger partial charge in [0.15, 0.2) is 0 Å². The third-order valence-corrected chi connectivity index (χ3v) is 5.17. The minimum absolute atomic E-state index is 0.0401. The highest BCUT2D eigenvalue weighted by atomic mass is 32.2. The Kier molecular flexibility index (Phi) is 6.20. The highest BCUT2D eigenvalue weighted by molar-refractivity contribution is 7.99. The second-order valence-corrected chi connectivity index (χ2v) is 7.51. The number of imidazole rings is 1. The van der Waals surface area contributed by atoms with E-state index in [1.807, 2.05) is 6.92 Å². The van der Waals surface area contributed by atoms with Crippen molar-refractivity contribution in [3.63, 3.8) is 0 Å². The van der Waals surface area contributed by atoms with E-state index in [0.717, 1.165) is 6.07 Å². The summed E-state index contributed by atoms with van der Waals surface area (Å²) in [5.74, 6) is -1.55. The Morgan fingerprint density at radius 2 is 1.90 bits per heavy atom. The van der Waals surface area contributed by atoms with Crippen LogP contribution in [-0.4, -0.2) is 39.4 Å². The summed E-state index contributed by atoms with van der Waals surface area (Å²) >= 11 is 0.512. The number of hydrogen-bond donors (Lipinski definition) is 1. The summed E-state index contributed by atoms with van der Waals surface area (Å²) in [6.45, 7) is 2.03. The van der Waals surface area contributed by atoms with Gasteiger partial charge in [-0.05, 0) is 24.5 Å². The van der Waals surface area contributed by atoms with Crippen LogP contribution in [0.1, 0.15) is 18.9 Å². The number of aromatic hydroxyl groups is 1. The first kappa shape index (κ1) is 22.2. The number of phenolic OH excluding ortho intramolecular Hbond substituents is 1. The lowest BCUT2D eigenvalue weighted by molar-refractivity contribution is -0.128. The lowest BCUT2D eigenvalue weighted by atomic mass is 10.1. The van der Waals surface area contributed by atoms with Crippen molar-refractivity contribution < 1.29 is 31.4 Å². The van der Waals surface area contributed by atoms with Gasteiger partial charge < -0.3 is 9.67 Å². The number of alkyl halides is 6. The number of aryl methyl sites for hydroxylation is 1. The summed E-state index contributed by atoms with van der Waals surface area (Å²) < 4.78 is 77.8. The third kappa shape index (κ3) is 5.18. The van der Waals surface area contributed by atoms with E-state index < -0.39 is 24.0 Å². The van der Waals surface area contributed by atoms with Crippen molar-refractivity contribution in [2.75, 3.05) is 17.2 Å². The average molecular weight is 453 g/mol. The summed E-state index contributed by atoms with van der Waals surface area (Å²) in [7, 11) is 0. The van der Waals surface area contributed by atoms with E-state index in [2.05, 4.69) is 15.2 Å². The Bertz CT molecular complexity index is 940. The second-order valence-electron chi connectivity index (χ2n) is 6.52. The first-order chi connectivity index (χ1) is 14.0. The number of aromatic nitrogens is 2. The van der Waals surface area contributed by atoms with Crippen LogP contribution in [0.2, 0.25) is 0 Å². The molecule has 1 aliphatic rings. The SMILES string of the molecule is CCCn1cc(SCC(F)(F)F)nc1N=Nc1cc2c(cc1O)N(C(F)(F)F)CC2. The zero-order valence-corrected chi connectivity index (χ0v) is 16.4. The Hall–Kier alpha value is -2.44. The molecule has 0 saturated heterocycles. The number of rotatable bonds is 6. The van der Waals surface area contributed by atoms with Gasteiger partial charge in [0.05, 0.1) is 11.4 Å². The van der Waals surface area contributed by atoms with Crippen LogP contribution in [0.25, 0.3) is 0 Å². The zero-order valence-electron chi connectivity index (χ0n) is 15.6. The van der Waals surface area contributed by atoms with Gasteiger partial charge in [-0.2, -0.15) is 26.3 Å². The van der Waals surface area contributed by atoms with Crippen LogP contribution in [-0.2, 0) is 13.0 Å². The van der Waals surface area contributed by atoms with E-state index in [4.69, 9.17) is 0 Å². The van der Waals surface area contributed by atoms with Crippen molar-refractivity contribution in [2.45, 2.75) is 43.8 Å². The highest BCUT2D eigenvalue weighted by Crippen LogP contribution is 2.42. The van der Waals surface area contributed by atoms with Crippen molar-refractivity contribution in [3.8, 4) is 5.75 Å². The average Bonchev–Trinajstić information content (AvgIpc) is 3.21. The molecule has 30 heavy (non-hydrogen) atoms. The Balaban J connectivity index is 1.84. The number of anilines is 1. The fourth-order valence-corrected chi connectivity index (χ4v) is 3.61. The molecule has 3 rings (SSSR count). The van der Waals surface area contributed by atoms with E-state index in [1.165, 1.54) is 16.8 Å². The molecule has 164 valence electrons. The number of fused-ring (bicyclic) bond motifs is 1. The molecule has 1 aliphatic heterocycles. The molecule has 1 aromatic carbocycles. The van der Waals surface area contributed by atoms with Crippen molar-refractivity contribution in [2.24, 2.45) is 10.2 Å². The molecule has 13 heteroatoms. The Labute approximate surface area is 171 Å². The molecule has 6 nitrogen and oxygen atoms in total. The van der Waals surface area contributed by atoms with Gasteiger partial charge >= 0.3 is 12.5 Å².